The SMILES string of the molecule is [N]c1cccc(=O)[nH]1. The lowest BCUT2D eigenvalue weighted by Gasteiger charge is -1.81. The molecule has 1 N–H and O–H groups in total. The summed E-state index contributed by atoms with van der Waals surface area (Å²) < 4.78 is 0. The molecule has 0 atom stereocenters. The molecule has 1 rings (SSSR count). The number of hydrogen-bond acceptors (Lipinski definition) is 1. The van der Waals surface area contributed by atoms with E-state index >= 15 is 0 Å². The van der Waals surface area contributed by atoms with Crippen molar-refractivity contribution in [2.75, 3.05) is 0 Å². The van der Waals surface area contributed by atoms with Crippen LogP contribution in [0.1, 0.15) is 0 Å². The minimum atomic E-state index is -0.287. The zero-order chi connectivity index (χ0) is 5.98. The van der Waals surface area contributed by atoms with Gasteiger partial charge >= 0.3 is 0 Å². The van der Waals surface area contributed by atoms with Crippen molar-refractivity contribution in [2.24, 2.45) is 0 Å². The Morgan fingerprint density at radius 3 is 2.62 bits per heavy atom. The van der Waals surface area contributed by atoms with Gasteiger partial charge < -0.3 is 4.98 Å². The first-order valence-electron chi connectivity index (χ1n) is 2.17. The second-order valence-corrected chi connectivity index (χ2v) is 1.40. The summed E-state index contributed by atoms with van der Waals surface area (Å²) in [4.78, 5) is 12.4. The Balaban J connectivity index is 3.28. The van der Waals surface area contributed by atoms with E-state index in [1.807, 2.05) is 0 Å². The molecular formula is C5H4N2O. The quantitative estimate of drug-likeness (QED) is 0.502. The third kappa shape index (κ3) is 0.872. The van der Waals surface area contributed by atoms with Crippen molar-refractivity contribution >= 4 is 5.82 Å². The van der Waals surface area contributed by atoms with E-state index in [-0.39, 0.29) is 11.4 Å². The summed E-state index contributed by atoms with van der Waals surface area (Å²) >= 11 is 0. The maximum absolute atomic E-state index is 10.3. The van der Waals surface area contributed by atoms with Crippen LogP contribution in [0.4, 0.5) is 5.82 Å². The summed E-state index contributed by atoms with van der Waals surface area (Å²) in [5, 5.41) is 0. The van der Waals surface area contributed by atoms with Gasteiger partial charge in [-0.05, 0) is 6.07 Å². The van der Waals surface area contributed by atoms with Gasteiger partial charge in [0.1, 0.15) is 0 Å². The summed E-state index contributed by atoms with van der Waals surface area (Å²) in [6.45, 7) is 0. The van der Waals surface area contributed by atoms with E-state index in [0.717, 1.165) is 0 Å². The van der Waals surface area contributed by atoms with Crippen molar-refractivity contribution in [2.45, 2.75) is 0 Å². The number of rotatable bonds is 0. The molecule has 0 saturated heterocycles. The number of aromatic amines is 1. The molecule has 0 amide bonds. The number of pyridine rings is 1. The van der Waals surface area contributed by atoms with Crippen LogP contribution in [-0.2, 0) is 0 Å². The van der Waals surface area contributed by atoms with Crippen LogP contribution in [0.3, 0.4) is 0 Å². The van der Waals surface area contributed by atoms with E-state index in [0.29, 0.717) is 0 Å². The standard InChI is InChI=1S/C5H4N2O/c6-4-2-1-3-5(8)7-4/h1-3H,(H,7,8). The summed E-state index contributed by atoms with van der Waals surface area (Å²) in [6.07, 6.45) is 0. The van der Waals surface area contributed by atoms with Crippen LogP contribution in [0.15, 0.2) is 23.0 Å². The minimum Gasteiger partial charge on any atom is -0.306 e. The largest absolute Gasteiger partial charge is 0.306 e. The van der Waals surface area contributed by atoms with Crippen molar-refractivity contribution in [1.82, 2.24) is 10.7 Å². The molecule has 0 saturated carbocycles. The van der Waals surface area contributed by atoms with Crippen LogP contribution in [0.2, 0.25) is 0 Å². The predicted molar refractivity (Wildman–Crippen MR) is 28.9 cm³/mol. The molecule has 1 aromatic rings. The summed E-state index contributed by atoms with van der Waals surface area (Å²) in [7, 11) is 0. The van der Waals surface area contributed by atoms with Gasteiger partial charge in [-0.25, -0.2) is 0 Å². The Kier molecular flexibility index (Phi) is 1.04. The van der Waals surface area contributed by atoms with Crippen LogP contribution < -0.4 is 11.3 Å². The number of nitrogens with zero attached hydrogens (tertiary/aromatic N) is 1. The van der Waals surface area contributed by atoms with E-state index < -0.39 is 0 Å². The molecule has 40 valence electrons. The van der Waals surface area contributed by atoms with E-state index in [9.17, 15) is 4.79 Å². The van der Waals surface area contributed by atoms with Crippen molar-refractivity contribution < 1.29 is 0 Å². The lowest BCUT2D eigenvalue weighted by atomic mass is 10.5. The normalized spacial score (nSPS) is 9.00. The van der Waals surface area contributed by atoms with Gasteiger partial charge in [0.25, 0.3) is 0 Å². The van der Waals surface area contributed by atoms with Crippen molar-refractivity contribution in [1.29, 1.82) is 0 Å². The summed E-state index contributed by atoms with van der Waals surface area (Å²) in [6, 6.07) is 4.22. The zero-order valence-corrected chi connectivity index (χ0v) is 4.09. The van der Waals surface area contributed by atoms with Gasteiger partial charge in [0.05, 0.1) is 0 Å². The van der Waals surface area contributed by atoms with E-state index in [4.69, 9.17) is 5.73 Å². The Morgan fingerprint density at radius 2 is 2.25 bits per heavy atom. The molecule has 0 fully saturated rings. The fourth-order valence-corrected chi connectivity index (χ4v) is 0.436. The Labute approximate surface area is 46.2 Å². The molecule has 3 nitrogen and oxygen atoms in total. The number of H-pyrrole nitrogens is 1. The molecule has 2 radical (unpaired) electrons. The molecule has 0 aliphatic heterocycles. The highest BCUT2D eigenvalue weighted by Gasteiger charge is 1.82. The van der Waals surface area contributed by atoms with Gasteiger partial charge in [-0.2, -0.15) is 0 Å². The van der Waals surface area contributed by atoms with Crippen LogP contribution in [-0.4, -0.2) is 4.98 Å². The fraction of sp³-hybridized carbons (Fsp3) is 0. The first kappa shape index (κ1) is 4.90. The maximum atomic E-state index is 10.3. The topological polar surface area (TPSA) is 55.2 Å². The smallest absolute Gasteiger partial charge is 0.249 e. The van der Waals surface area contributed by atoms with E-state index in [1.165, 1.54) is 18.2 Å². The lowest BCUT2D eigenvalue weighted by molar-refractivity contribution is 1.19. The second kappa shape index (κ2) is 1.69. The molecule has 0 spiro atoms. The van der Waals surface area contributed by atoms with Gasteiger partial charge in [-0.3, -0.25) is 4.79 Å². The van der Waals surface area contributed by atoms with Crippen molar-refractivity contribution in [3.63, 3.8) is 0 Å². The van der Waals surface area contributed by atoms with E-state index in [1.54, 1.807) is 0 Å². The Hall–Kier alpha value is -1.25. The first-order chi connectivity index (χ1) is 3.79. The predicted octanol–water partition coefficient (Wildman–Crippen LogP) is 0.0751. The molecule has 0 aliphatic carbocycles. The lowest BCUT2D eigenvalue weighted by Crippen LogP contribution is -2.01. The van der Waals surface area contributed by atoms with Gasteiger partial charge in [-0.1, -0.05) is 6.07 Å². The fourth-order valence-electron chi connectivity index (χ4n) is 0.436. The Morgan fingerprint density at radius 1 is 1.50 bits per heavy atom. The molecule has 1 heterocycles. The number of hydrogen-bond donors (Lipinski definition) is 1. The maximum Gasteiger partial charge on any atom is 0.249 e. The van der Waals surface area contributed by atoms with Crippen molar-refractivity contribution in [3.05, 3.63) is 28.6 Å². The molecule has 0 unspecified atom stereocenters. The zero-order valence-electron chi connectivity index (χ0n) is 4.09. The molecule has 3 heteroatoms. The highest BCUT2D eigenvalue weighted by atomic mass is 16.1. The van der Waals surface area contributed by atoms with Gasteiger partial charge in [0, 0.05) is 6.07 Å². The van der Waals surface area contributed by atoms with Crippen LogP contribution in [0.5, 0.6) is 0 Å². The molecule has 0 aliphatic rings. The number of aromatic nitrogens is 1. The van der Waals surface area contributed by atoms with Crippen molar-refractivity contribution in [3.8, 4) is 0 Å². The molecule has 0 aromatic carbocycles. The monoisotopic (exact) mass is 108 g/mol. The van der Waals surface area contributed by atoms with Gasteiger partial charge in [0.15, 0.2) is 5.82 Å². The second-order valence-electron chi connectivity index (χ2n) is 1.40. The average Bonchev–Trinajstić information content (AvgIpc) is 1.64. The molecule has 8 heavy (non-hydrogen) atoms. The Bertz CT molecular complexity index is 228. The van der Waals surface area contributed by atoms with Gasteiger partial charge in [-0.15, -0.1) is 5.73 Å². The first-order valence-corrected chi connectivity index (χ1v) is 2.17. The third-order valence-corrected chi connectivity index (χ3v) is 0.753. The molecule has 1 aromatic heterocycles. The number of nitrogens with one attached hydrogen (secondary N) is 1. The summed E-state index contributed by atoms with van der Waals surface area (Å²) in [5.74, 6) is -0.0995. The third-order valence-electron chi connectivity index (χ3n) is 0.753. The van der Waals surface area contributed by atoms with E-state index in [2.05, 4.69) is 4.98 Å². The van der Waals surface area contributed by atoms with Gasteiger partial charge in [0.2, 0.25) is 5.56 Å². The molecule has 0 bridgehead atoms. The highest BCUT2D eigenvalue weighted by Crippen LogP contribution is 1.88. The molecular weight excluding hydrogens is 104 g/mol. The van der Waals surface area contributed by atoms with Crippen LogP contribution in [0.25, 0.3) is 0 Å². The minimum absolute atomic E-state index is 0.0995. The highest BCUT2D eigenvalue weighted by molar-refractivity contribution is 5.20. The van der Waals surface area contributed by atoms with Crippen LogP contribution in [0, 0.1) is 0 Å². The summed E-state index contributed by atoms with van der Waals surface area (Å²) in [5.41, 5.74) is 8.27. The average molecular weight is 108 g/mol. The van der Waals surface area contributed by atoms with Crippen LogP contribution >= 0.6 is 0 Å².